The summed E-state index contributed by atoms with van der Waals surface area (Å²) in [6, 6.07) is 5.96. The predicted molar refractivity (Wildman–Crippen MR) is 149 cm³/mol. The van der Waals surface area contributed by atoms with Crippen LogP contribution in [-0.2, 0) is 16.1 Å². The molecule has 1 saturated heterocycles. The first-order valence-corrected chi connectivity index (χ1v) is 14.2. The van der Waals surface area contributed by atoms with Crippen molar-refractivity contribution in [1.29, 1.82) is 0 Å². The Balaban J connectivity index is 1.73. The quantitative estimate of drug-likeness (QED) is 0.455. The summed E-state index contributed by atoms with van der Waals surface area (Å²) in [5.41, 5.74) is 6.19. The third kappa shape index (κ3) is 6.54. The molecular formula is C29H44N4O2S. The van der Waals surface area contributed by atoms with Crippen molar-refractivity contribution in [3.63, 3.8) is 0 Å². The van der Waals surface area contributed by atoms with E-state index in [1.165, 1.54) is 16.0 Å². The maximum absolute atomic E-state index is 13.6. The van der Waals surface area contributed by atoms with E-state index in [4.69, 9.17) is 0 Å². The monoisotopic (exact) mass is 512 g/mol. The minimum absolute atomic E-state index is 0.0348. The van der Waals surface area contributed by atoms with Gasteiger partial charge in [-0.1, -0.05) is 53.7 Å². The second-order valence-electron chi connectivity index (χ2n) is 11.5. The highest BCUT2D eigenvalue weighted by Crippen LogP contribution is 2.32. The minimum atomic E-state index is -0.414. The molecule has 1 aromatic heterocycles. The highest BCUT2D eigenvalue weighted by atomic mass is 32.1. The van der Waals surface area contributed by atoms with Crippen LogP contribution in [0.2, 0.25) is 0 Å². The van der Waals surface area contributed by atoms with Gasteiger partial charge < -0.3 is 15.5 Å². The molecule has 3 atom stereocenters. The van der Waals surface area contributed by atoms with Crippen LogP contribution in [0, 0.1) is 12.3 Å². The minimum Gasteiger partial charge on any atom is -0.350 e. The van der Waals surface area contributed by atoms with Gasteiger partial charge in [0.1, 0.15) is 6.04 Å². The van der Waals surface area contributed by atoms with Crippen molar-refractivity contribution >= 4 is 23.2 Å². The Labute approximate surface area is 221 Å². The zero-order chi connectivity index (χ0) is 26.6. The van der Waals surface area contributed by atoms with Gasteiger partial charge in [-0.25, -0.2) is 4.98 Å². The molecule has 198 valence electrons. The Kier molecular flexibility index (Phi) is 9.33. The van der Waals surface area contributed by atoms with Gasteiger partial charge in [0.2, 0.25) is 11.8 Å². The normalized spacial score (nSPS) is 17.9. The lowest BCUT2D eigenvalue weighted by Gasteiger charge is -2.37. The number of nitrogens with zero attached hydrogens (tertiary/aromatic N) is 2. The maximum atomic E-state index is 13.6. The third-order valence-electron chi connectivity index (χ3n) is 7.24. The number of amides is 2. The molecule has 1 aliphatic rings. The number of benzene rings is 1. The van der Waals surface area contributed by atoms with Gasteiger partial charge in [-0.2, -0.15) is 0 Å². The second-order valence-corrected chi connectivity index (χ2v) is 12.4. The van der Waals surface area contributed by atoms with Crippen LogP contribution in [0.5, 0.6) is 0 Å². The average Bonchev–Trinajstić information content (AvgIpc) is 3.48. The summed E-state index contributed by atoms with van der Waals surface area (Å²) >= 11 is 1.65. The maximum Gasteiger partial charge on any atom is 0.243 e. The summed E-state index contributed by atoms with van der Waals surface area (Å²) in [7, 11) is 0. The van der Waals surface area contributed by atoms with Gasteiger partial charge in [-0.05, 0) is 67.2 Å². The molecule has 0 radical (unpaired) electrons. The van der Waals surface area contributed by atoms with E-state index in [1.54, 1.807) is 16.2 Å². The Morgan fingerprint density at radius 2 is 1.94 bits per heavy atom. The average molecular weight is 513 g/mol. The van der Waals surface area contributed by atoms with Gasteiger partial charge in [-0.3, -0.25) is 9.59 Å². The number of nitrogens with one attached hydrogen (secondary N) is 2. The Hall–Kier alpha value is -2.25. The van der Waals surface area contributed by atoms with Crippen molar-refractivity contribution in [2.24, 2.45) is 5.41 Å². The first-order valence-electron chi connectivity index (χ1n) is 13.3. The van der Waals surface area contributed by atoms with Crippen molar-refractivity contribution in [2.75, 3.05) is 6.54 Å². The Bertz CT molecular complexity index is 1060. The number of carbonyl (C=O) groups is 2. The van der Waals surface area contributed by atoms with Gasteiger partial charge in [0.05, 0.1) is 22.1 Å². The van der Waals surface area contributed by atoms with Crippen molar-refractivity contribution in [2.45, 2.75) is 105 Å². The van der Waals surface area contributed by atoms with Crippen LogP contribution in [0.1, 0.15) is 90.5 Å². The van der Waals surface area contributed by atoms with E-state index in [0.29, 0.717) is 25.4 Å². The molecule has 7 heteroatoms. The topological polar surface area (TPSA) is 74.3 Å². The largest absolute Gasteiger partial charge is 0.350 e. The number of thiazole rings is 1. The van der Waals surface area contributed by atoms with E-state index in [2.05, 4.69) is 82.3 Å². The van der Waals surface area contributed by atoms with Crippen LogP contribution < -0.4 is 10.6 Å². The summed E-state index contributed by atoms with van der Waals surface area (Å²) < 4.78 is 0. The number of hydrogen-bond acceptors (Lipinski definition) is 5. The van der Waals surface area contributed by atoms with Gasteiger partial charge >= 0.3 is 0 Å². The Morgan fingerprint density at radius 3 is 2.53 bits per heavy atom. The second kappa shape index (κ2) is 11.9. The van der Waals surface area contributed by atoms with Crippen LogP contribution in [-0.4, -0.2) is 46.4 Å². The lowest BCUT2D eigenvalue weighted by atomic mass is 9.85. The molecule has 3 unspecified atom stereocenters. The predicted octanol–water partition coefficient (Wildman–Crippen LogP) is 5.65. The van der Waals surface area contributed by atoms with Crippen LogP contribution in [0.25, 0.3) is 10.4 Å². The first kappa shape index (κ1) is 28.3. The lowest BCUT2D eigenvalue weighted by molar-refractivity contribution is -0.142. The van der Waals surface area contributed by atoms with Crippen molar-refractivity contribution in [3.05, 3.63) is 40.5 Å². The van der Waals surface area contributed by atoms with Gasteiger partial charge in [0, 0.05) is 19.1 Å². The van der Waals surface area contributed by atoms with Gasteiger partial charge in [0.15, 0.2) is 0 Å². The SMILES string of the molecule is CCC(C)NC(C(=O)N1CCCC1C(=O)NCc1ccc(-c2scnc2C)cc1C(C)C)C(C)(C)C. The number of aryl methyl sites for hydroxylation is 1. The zero-order valence-electron chi connectivity index (χ0n) is 23.3. The molecule has 1 fully saturated rings. The highest BCUT2D eigenvalue weighted by molar-refractivity contribution is 7.13. The summed E-state index contributed by atoms with van der Waals surface area (Å²) in [5, 5.41) is 6.67. The fraction of sp³-hybridized carbons (Fsp3) is 0.621. The van der Waals surface area contributed by atoms with E-state index < -0.39 is 6.04 Å². The molecule has 0 aliphatic carbocycles. The standard InChI is InChI=1S/C29H44N4O2S/c1-9-19(4)32-26(29(6,7)8)28(35)33-14-10-11-24(33)27(34)30-16-22-13-12-21(15-23(22)18(2)3)25-20(5)31-17-36-25/h12-13,15,17-19,24,26,32H,9-11,14,16H2,1-8H3,(H,30,34). The third-order valence-corrected chi connectivity index (χ3v) is 8.22. The highest BCUT2D eigenvalue weighted by Gasteiger charge is 2.41. The molecule has 2 heterocycles. The Morgan fingerprint density at radius 1 is 1.22 bits per heavy atom. The molecule has 0 spiro atoms. The molecule has 2 N–H and O–H groups in total. The van der Waals surface area contributed by atoms with Crippen LogP contribution in [0.4, 0.5) is 0 Å². The van der Waals surface area contributed by atoms with E-state index in [1.807, 2.05) is 12.4 Å². The van der Waals surface area contributed by atoms with E-state index >= 15 is 0 Å². The molecule has 1 aliphatic heterocycles. The molecule has 0 saturated carbocycles. The zero-order valence-corrected chi connectivity index (χ0v) is 24.1. The summed E-state index contributed by atoms with van der Waals surface area (Å²) in [6.07, 6.45) is 2.51. The first-order chi connectivity index (χ1) is 16.9. The fourth-order valence-electron chi connectivity index (χ4n) is 4.88. The number of carbonyl (C=O) groups excluding carboxylic acids is 2. The molecular weight excluding hydrogens is 468 g/mol. The molecule has 36 heavy (non-hydrogen) atoms. The molecule has 2 amide bonds. The summed E-state index contributed by atoms with van der Waals surface area (Å²) in [4.78, 5) is 34.3. The van der Waals surface area contributed by atoms with E-state index in [9.17, 15) is 9.59 Å². The van der Waals surface area contributed by atoms with Crippen molar-refractivity contribution < 1.29 is 9.59 Å². The van der Waals surface area contributed by atoms with Gasteiger partial charge in [0.25, 0.3) is 0 Å². The van der Waals surface area contributed by atoms with E-state index in [-0.39, 0.29) is 29.3 Å². The number of likely N-dealkylation sites (tertiary alicyclic amines) is 1. The van der Waals surface area contributed by atoms with Crippen LogP contribution in [0.15, 0.2) is 23.7 Å². The molecule has 1 aromatic carbocycles. The number of aromatic nitrogens is 1. The summed E-state index contributed by atoms with van der Waals surface area (Å²) in [6.45, 7) is 18.0. The number of rotatable bonds is 9. The lowest BCUT2D eigenvalue weighted by Crippen LogP contribution is -2.58. The molecule has 3 rings (SSSR count). The number of hydrogen-bond donors (Lipinski definition) is 2. The van der Waals surface area contributed by atoms with Gasteiger partial charge in [-0.15, -0.1) is 11.3 Å². The molecule has 6 nitrogen and oxygen atoms in total. The van der Waals surface area contributed by atoms with Crippen molar-refractivity contribution in [3.8, 4) is 10.4 Å². The summed E-state index contributed by atoms with van der Waals surface area (Å²) in [5.74, 6) is 0.301. The molecule has 2 aromatic rings. The van der Waals surface area contributed by atoms with Crippen molar-refractivity contribution in [1.82, 2.24) is 20.5 Å². The smallest absolute Gasteiger partial charge is 0.243 e. The fourth-order valence-corrected chi connectivity index (χ4v) is 5.68. The molecule has 0 bridgehead atoms. The van der Waals surface area contributed by atoms with E-state index in [0.717, 1.165) is 24.1 Å². The van der Waals surface area contributed by atoms with Crippen LogP contribution in [0.3, 0.4) is 0 Å². The van der Waals surface area contributed by atoms with Crippen LogP contribution >= 0.6 is 11.3 Å².